The Bertz CT molecular complexity index is 1110. The van der Waals surface area contributed by atoms with Crippen molar-refractivity contribution in [3.63, 3.8) is 0 Å². The van der Waals surface area contributed by atoms with Gasteiger partial charge in [0.05, 0.1) is 12.6 Å². The zero-order chi connectivity index (χ0) is 30.9. The van der Waals surface area contributed by atoms with Crippen molar-refractivity contribution >= 4 is 28.5 Å². The number of amides is 3. The van der Waals surface area contributed by atoms with E-state index in [1.165, 1.54) is 24.1 Å². The number of carbonyl (C=O) groups is 3. The summed E-state index contributed by atoms with van der Waals surface area (Å²) in [6.07, 6.45) is 2.99. The first-order valence-corrected chi connectivity index (χ1v) is 13.4. The fraction of sp³-hybridized carbons (Fsp3) is 0.571. The van der Waals surface area contributed by atoms with Crippen LogP contribution in [0.3, 0.4) is 0 Å². The van der Waals surface area contributed by atoms with E-state index in [1.54, 1.807) is 18.5 Å². The second-order valence-corrected chi connectivity index (χ2v) is 9.26. The third kappa shape index (κ3) is 12.0. The van der Waals surface area contributed by atoms with E-state index >= 15 is 0 Å². The number of rotatable bonds is 5. The second-order valence-electron chi connectivity index (χ2n) is 9.26. The summed E-state index contributed by atoms with van der Waals surface area (Å²) in [5, 5.41) is 15.0. The van der Waals surface area contributed by atoms with Gasteiger partial charge in [0.15, 0.2) is 0 Å². The van der Waals surface area contributed by atoms with Crippen LogP contribution in [0.5, 0.6) is 0 Å². The molecule has 1 fully saturated rings. The van der Waals surface area contributed by atoms with Gasteiger partial charge in [0, 0.05) is 42.3 Å². The normalized spacial score (nSPS) is 14.8. The van der Waals surface area contributed by atoms with Crippen molar-refractivity contribution in [2.24, 2.45) is 5.92 Å². The van der Waals surface area contributed by atoms with Crippen molar-refractivity contribution in [3.05, 3.63) is 36.4 Å². The molecular formula is C28H41F3N6O3. The van der Waals surface area contributed by atoms with Crippen LogP contribution in [-0.4, -0.2) is 57.9 Å². The first kappa shape index (κ1) is 36.2. The Morgan fingerprint density at radius 2 is 1.70 bits per heavy atom. The molecule has 0 bridgehead atoms. The summed E-state index contributed by atoms with van der Waals surface area (Å²) in [4.78, 5) is 45.1. The first-order chi connectivity index (χ1) is 18.9. The molecule has 2 aromatic heterocycles. The zero-order valence-electron chi connectivity index (χ0n) is 24.3. The molecule has 12 heteroatoms. The Hall–Kier alpha value is -3.75. The molecule has 0 saturated carbocycles. The summed E-state index contributed by atoms with van der Waals surface area (Å²) in [5.74, 6) is -2.84. The molecular weight excluding hydrogens is 525 g/mol. The van der Waals surface area contributed by atoms with Crippen LogP contribution in [0.2, 0.25) is 0 Å². The molecule has 2 aromatic rings. The fourth-order valence-electron chi connectivity index (χ4n) is 3.38. The minimum atomic E-state index is -5.11. The van der Waals surface area contributed by atoms with Gasteiger partial charge < -0.3 is 15.5 Å². The molecule has 3 amide bonds. The van der Waals surface area contributed by atoms with Crippen molar-refractivity contribution in [2.45, 2.75) is 86.0 Å². The van der Waals surface area contributed by atoms with Gasteiger partial charge in [0.2, 0.25) is 11.8 Å². The first-order valence-electron chi connectivity index (χ1n) is 13.4. The van der Waals surface area contributed by atoms with Crippen LogP contribution in [0.4, 0.5) is 13.2 Å². The molecule has 40 heavy (non-hydrogen) atoms. The largest absolute Gasteiger partial charge is 0.471 e. The van der Waals surface area contributed by atoms with Gasteiger partial charge in [0.25, 0.3) is 0 Å². The minimum absolute atomic E-state index is 0.150. The zero-order valence-corrected chi connectivity index (χ0v) is 24.3. The lowest BCUT2D eigenvalue weighted by atomic mass is 10.0. The smallest absolute Gasteiger partial charge is 0.339 e. The van der Waals surface area contributed by atoms with E-state index < -0.39 is 42.5 Å². The topological polar surface area (TPSA) is 128 Å². The average molecular weight is 567 g/mol. The van der Waals surface area contributed by atoms with Crippen LogP contribution < -0.4 is 10.6 Å². The number of aromatic nitrogens is 2. The third-order valence-electron chi connectivity index (χ3n) is 4.85. The van der Waals surface area contributed by atoms with Crippen molar-refractivity contribution in [1.29, 1.82) is 5.26 Å². The highest BCUT2D eigenvalue weighted by atomic mass is 19.4. The number of carbonyl (C=O) groups excluding carboxylic acids is 3. The van der Waals surface area contributed by atoms with Gasteiger partial charge in [0.1, 0.15) is 12.1 Å². The van der Waals surface area contributed by atoms with Gasteiger partial charge in [-0.2, -0.15) is 18.4 Å². The quantitative estimate of drug-likeness (QED) is 0.519. The molecule has 2 unspecified atom stereocenters. The Morgan fingerprint density at radius 3 is 2.25 bits per heavy atom. The van der Waals surface area contributed by atoms with Crippen LogP contribution in [0, 0.1) is 17.2 Å². The fourth-order valence-corrected chi connectivity index (χ4v) is 3.38. The number of halogens is 3. The Labute approximate surface area is 234 Å². The summed E-state index contributed by atoms with van der Waals surface area (Å²) < 4.78 is 36.9. The highest BCUT2D eigenvalue weighted by Crippen LogP contribution is 2.24. The molecule has 9 nitrogen and oxygen atoms in total. The summed E-state index contributed by atoms with van der Waals surface area (Å²) >= 11 is 0. The van der Waals surface area contributed by atoms with Crippen LogP contribution in [0.1, 0.15) is 79.3 Å². The number of fused-ring (bicyclic) bond motifs is 1. The lowest BCUT2D eigenvalue weighted by molar-refractivity contribution is -0.174. The number of nitriles is 1. The number of alkyl halides is 3. The average Bonchev–Trinajstić information content (AvgIpc) is 3.41. The third-order valence-corrected chi connectivity index (χ3v) is 4.85. The van der Waals surface area contributed by atoms with Gasteiger partial charge >= 0.3 is 12.1 Å². The standard InChI is InChI=1S/C19H17F3N6O3.C4H10.C3H8.C2H6/c20-19(21,22)18(31)26-10-16(29)28-5-1-2-15(28)17(30)27-14(6-23)13-9-25-8-11-7-24-4-3-12(11)13;1-4(2)3;1-3-2;1-2/h3-4,7-9,14-15H,1-2,5,10H2,(H,26,31)(H,27,30);4H,1-3H3;3H2,1-2H3;1-2H3. The van der Waals surface area contributed by atoms with E-state index in [2.05, 4.69) is 49.9 Å². The molecule has 0 radical (unpaired) electrons. The van der Waals surface area contributed by atoms with Gasteiger partial charge in [-0.05, 0) is 30.2 Å². The predicted molar refractivity (Wildman–Crippen MR) is 148 cm³/mol. The van der Waals surface area contributed by atoms with Crippen molar-refractivity contribution in [3.8, 4) is 6.07 Å². The molecule has 2 atom stereocenters. The van der Waals surface area contributed by atoms with Crippen molar-refractivity contribution in [1.82, 2.24) is 25.5 Å². The summed E-state index contributed by atoms with van der Waals surface area (Å²) in [6.45, 7) is 14.0. The van der Waals surface area contributed by atoms with Gasteiger partial charge in [-0.3, -0.25) is 24.4 Å². The molecule has 3 heterocycles. The van der Waals surface area contributed by atoms with Crippen LogP contribution in [0.25, 0.3) is 10.8 Å². The summed E-state index contributed by atoms with van der Waals surface area (Å²) in [7, 11) is 0. The van der Waals surface area contributed by atoms with Crippen LogP contribution in [0.15, 0.2) is 30.9 Å². The summed E-state index contributed by atoms with van der Waals surface area (Å²) in [5.41, 5.74) is 0.448. The molecule has 0 aliphatic carbocycles. The maximum absolute atomic E-state index is 12.8. The number of pyridine rings is 2. The number of hydrogen-bond acceptors (Lipinski definition) is 6. The predicted octanol–water partition coefficient (Wildman–Crippen LogP) is 5.08. The van der Waals surface area contributed by atoms with E-state index in [0.717, 1.165) is 10.8 Å². The van der Waals surface area contributed by atoms with E-state index in [1.807, 2.05) is 19.9 Å². The molecule has 3 rings (SSSR count). The van der Waals surface area contributed by atoms with Crippen molar-refractivity contribution in [2.75, 3.05) is 13.1 Å². The second kappa shape index (κ2) is 18.5. The maximum atomic E-state index is 12.8. The number of likely N-dealkylation sites (tertiary alicyclic amines) is 1. The Kier molecular flexibility index (Phi) is 16.8. The van der Waals surface area contributed by atoms with Gasteiger partial charge in [-0.15, -0.1) is 0 Å². The molecule has 222 valence electrons. The molecule has 0 aromatic carbocycles. The van der Waals surface area contributed by atoms with E-state index in [4.69, 9.17) is 0 Å². The van der Waals surface area contributed by atoms with Crippen LogP contribution in [-0.2, 0) is 14.4 Å². The van der Waals surface area contributed by atoms with Gasteiger partial charge in [-0.25, -0.2) is 0 Å². The Balaban J connectivity index is 0.00000149. The lowest BCUT2D eigenvalue weighted by Gasteiger charge is -2.25. The highest BCUT2D eigenvalue weighted by Gasteiger charge is 2.40. The number of hydrogen-bond donors (Lipinski definition) is 2. The van der Waals surface area contributed by atoms with E-state index in [9.17, 15) is 32.8 Å². The van der Waals surface area contributed by atoms with Crippen molar-refractivity contribution < 1.29 is 27.6 Å². The molecule has 0 spiro atoms. The summed E-state index contributed by atoms with van der Waals surface area (Å²) in [6, 6.07) is 1.64. The molecule has 1 aliphatic heterocycles. The molecule has 1 saturated heterocycles. The van der Waals surface area contributed by atoms with Gasteiger partial charge in [-0.1, -0.05) is 54.9 Å². The van der Waals surface area contributed by atoms with E-state index in [0.29, 0.717) is 22.8 Å². The number of nitrogens with zero attached hydrogens (tertiary/aromatic N) is 4. The SMILES string of the molecule is CC.CC(C)C.CCC.N#CC(NC(=O)C1CCCN1C(=O)CNC(=O)C(F)(F)F)c1cncc2cnccc12. The molecule has 1 aliphatic rings. The van der Waals surface area contributed by atoms with E-state index in [-0.39, 0.29) is 13.0 Å². The highest BCUT2D eigenvalue weighted by molar-refractivity contribution is 5.92. The number of nitrogens with one attached hydrogen (secondary N) is 2. The Morgan fingerprint density at radius 1 is 1.12 bits per heavy atom. The molecule has 2 N–H and O–H groups in total. The minimum Gasteiger partial charge on any atom is -0.339 e. The lowest BCUT2D eigenvalue weighted by Crippen LogP contribution is -2.50. The van der Waals surface area contributed by atoms with Crippen LogP contribution >= 0.6 is 0 Å². The maximum Gasteiger partial charge on any atom is 0.471 e. The monoisotopic (exact) mass is 566 g/mol.